The van der Waals surface area contributed by atoms with Gasteiger partial charge in [-0.05, 0) is 27.2 Å². The van der Waals surface area contributed by atoms with Crippen LogP contribution in [0, 0.1) is 0 Å². The third kappa shape index (κ3) is 5.77. The maximum atomic E-state index is 13.0. The Morgan fingerprint density at radius 3 is 2.52 bits per heavy atom. The molecule has 2 aliphatic heterocycles. The molecule has 0 aliphatic carbocycles. The summed E-state index contributed by atoms with van der Waals surface area (Å²) in [7, 11) is 0. The van der Waals surface area contributed by atoms with E-state index in [-0.39, 0.29) is 9.99 Å². The van der Waals surface area contributed by atoms with Gasteiger partial charge in [-0.15, -0.1) is 23.5 Å². The number of thioether (sulfide) groups is 2. The van der Waals surface area contributed by atoms with Gasteiger partial charge in [0.25, 0.3) is 0 Å². The van der Waals surface area contributed by atoms with Crippen molar-refractivity contribution in [1.29, 1.82) is 0 Å². The molecule has 2 rings (SSSR count). The van der Waals surface area contributed by atoms with Crippen molar-refractivity contribution < 1.29 is 24.2 Å². The highest BCUT2D eigenvalue weighted by atomic mass is 32.2. The molecule has 7 nitrogen and oxygen atoms in total. The third-order valence-corrected chi connectivity index (χ3v) is 7.94. The van der Waals surface area contributed by atoms with Crippen LogP contribution in [-0.2, 0) is 14.3 Å². The lowest BCUT2D eigenvalue weighted by Crippen LogP contribution is -2.52. The van der Waals surface area contributed by atoms with Gasteiger partial charge >= 0.3 is 6.09 Å². The zero-order valence-electron chi connectivity index (χ0n) is 16.4. The van der Waals surface area contributed by atoms with Crippen LogP contribution in [0.1, 0.15) is 47.0 Å². The van der Waals surface area contributed by atoms with E-state index < -0.39 is 29.9 Å². The number of aliphatic hydroxyl groups excluding tert-OH is 1. The van der Waals surface area contributed by atoms with Gasteiger partial charge in [-0.1, -0.05) is 13.3 Å². The zero-order valence-corrected chi connectivity index (χ0v) is 18.0. The topological polar surface area (TPSA) is 95.9 Å². The molecule has 9 heteroatoms. The van der Waals surface area contributed by atoms with E-state index in [0.717, 1.165) is 11.5 Å². The molecule has 2 fully saturated rings. The molecular formula is C18H30N2O5S2. The molecule has 0 aromatic rings. The summed E-state index contributed by atoms with van der Waals surface area (Å²) < 4.78 is 5.32. The summed E-state index contributed by atoms with van der Waals surface area (Å²) in [6, 6.07) is -1.32. The Hall–Kier alpha value is -0.930. The van der Waals surface area contributed by atoms with Crippen molar-refractivity contribution in [1.82, 2.24) is 10.2 Å². The van der Waals surface area contributed by atoms with E-state index in [2.05, 4.69) is 5.32 Å². The Morgan fingerprint density at radius 1 is 1.37 bits per heavy atom. The maximum absolute atomic E-state index is 13.0. The quantitative estimate of drug-likeness (QED) is 0.637. The molecule has 0 bridgehead atoms. The highest BCUT2D eigenvalue weighted by Gasteiger charge is 2.52. The Labute approximate surface area is 169 Å². The summed E-state index contributed by atoms with van der Waals surface area (Å²) >= 11 is 3.56. The Morgan fingerprint density at radius 2 is 2.00 bits per heavy atom. The van der Waals surface area contributed by atoms with Crippen LogP contribution in [0.15, 0.2) is 0 Å². The predicted molar refractivity (Wildman–Crippen MR) is 108 cm³/mol. The minimum absolute atomic E-state index is 0.192. The van der Waals surface area contributed by atoms with Crippen LogP contribution in [0.5, 0.6) is 0 Å². The van der Waals surface area contributed by atoms with Gasteiger partial charge in [-0.25, -0.2) is 4.79 Å². The van der Waals surface area contributed by atoms with Crippen molar-refractivity contribution in [2.75, 3.05) is 18.1 Å². The summed E-state index contributed by atoms with van der Waals surface area (Å²) in [5.41, 5.74) is -0.651. The molecule has 154 valence electrons. The number of nitrogens with zero attached hydrogens (tertiary/aromatic N) is 1. The van der Waals surface area contributed by atoms with Crippen molar-refractivity contribution in [3.8, 4) is 0 Å². The molecule has 2 unspecified atom stereocenters. The number of aldehydes is 1. The average Bonchev–Trinajstić information content (AvgIpc) is 3.20. The standard InChI is InChI=1S/C18H30N2O5S2/c1-5-6-12(14(22)10-21)19-15(23)13-9-18(26-7-8-27-18)11-20(13)16(24)25-17(2,3)4/h10,12-14,22H,5-9,11H2,1-4H3,(H,19,23)/t12?,13-,14?/m0/s1. The van der Waals surface area contributed by atoms with Gasteiger partial charge in [0.05, 0.1) is 10.1 Å². The van der Waals surface area contributed by atoms with Gasteiger partial charge in [-0.3, -0.25) is 9.69 Å². The van der Waals surface area contributed by atoms with Gasteiger partial charge < -0.3 is 20.0 Å². The fourth-order valence-electron chi connectivity index (χ4n) is 3.30. The van der Waals surface area contributed by atoms with Crippen LogP contribution < -0.4 is 5.32 Å². The number of rotatable bonds is 6. The number of carbonyl (C=O) groups excluding carboxylic acids is 3. The zero-order chi connectivity index (χ0) is 20.2. The first-order valence-electron chi connectivity index (χ1n) is 9.32. The molecule has 2 amide bonds. The van der Waals surface area contributed by atoms with Crippen molar-refractivity contribution in [2.24, 2.45) is 0 Å². The molecule has 2 aliphatic rings. The van der Waals surface area contributed by atoms with Crippen molar-refractivity contribution in [2.45, 2.75) is 74.8 Å². The molecule has 2 N–H and O–H groups in total. The van der Waals surface area contributed by atoms with E-state index in [9.17, 15) is 19.5 Å². The first kappa shape index (κ1) is 22.4. The Kier molecular flexibility index (Phi) is 7.49. The summed E-state index contributed by atoms with van der Waals surface area (Å²) in [4.78, 5) is 38.1. The van der Waals surface area contributed by atoms with Gasteiger partial charge in [-0.2, -0.15) is 0 Å². The van der Waals surface area contributed by atoms with Crippen LogP contribution >= 0.6 is 23.5 Å². The van der Waals surface area contributed by atoms with Crippen LogP contribution in [0.2, 0.25) is 0 Å². The fourth-order valence-corrected chi connectivity index (χ4v) is 6.56. The lowest BCUT2D eigenvalue weighted by Gasteiger charge is -2.29. The second-order valence-corrected chi connectivity index (χ2v) is 11.2. The van der Waals surface area contributed by atoms with Crippen LogP contribution in [0.3, 0.4) is 0 Å². The predicted octanol–water partition coefficient (Wildman–Crippen LogP) is 2.02. The molecule has 2 saturated heterocycles. The highest BCUT2D eigenvalue weighted by Crippen LogP contribution is 2.52. The SMILES string of the molecule is CCCC(NC(=O)[C@@H]1CC2(CN1C(=O)OC(C)(C)C)SCCS2)C(O)C=O. The number of hydrogen-bond donors (Lipinski definition) is 2. The van der Waals surface area contributed by atoms with Gasteiger partial charge in [0.2, 0.25) is 5.91 Å². The van der Waals surface area contributed by atoms with Crippen LogP contribution in [0.4, 0.5) is 4.79 Å². The first-order valence-corrected chi connectivity index (χ1v) is 11.3. The van der Waals surface area contributed by atoms with Gasteiger partial charge in [0.15, 0.2) is 6.29 Å². The van der Waals surface area contributed by atoms with E-state index in [1.165, 1.54) is 4.90 Å². The van der Waals surface area contributed by atoms with E-state index in [4.69, 9.17) is 4.74 Å². The minimum atomic E-state index is -1.26. The molecule has 27 heavy (non-hydrogen) atoms. The second-order valence-electron chi connectivity index (χ2n) is 7.97. The third-order valence-electron chi connectivity index (χ3n) is 4.52. The Bertz CT molecular complexity index is 560. The second kappa shape index (κ2) is 9.05. The van der Waals surface area contributed by atoms with Crippen LogP contribution in [0.25, 0.3) is 0 Å². The van der Waals surface area contributed by atoms with Crippen molar-refractivity contribution in [3.05, 3.63) is 0 Å². The van der Waals surface area contributed by atoms with E-state index >= 15 is 0 Å². The number of aliphatic hydroxyl groups is 1. The average molecular weight is 419 g/mol. The summed E-state index contributed by atoms with van der Waals surface area (Å²) in [6.45, 7) is 7.75. The van der Waals surface area contributed by atoms with Gasteiger partial charge in [0.1, 0.15) is 17.7 Å². The lowest BCUT2D eigenvalue weighted by molar-refractivity contribution is -0.128. The smallest absolute Gasteiger partial charge is 0.411 e. The number of carbonyl (C=O) groups is 3. The highest BCUT2D eigenvalue weighted by molar-refractivity contribution is 8.21. The van der Waals surface area contributed by atoms with E-state index in [0.29, 0.717) is 32.1 Å². The minimum Gasteiger partial charge on any atom is -0.444 e. The maximum Gasteiger partial charge on any atom is 0.411 e. The number of nitrogens with one attached hydrogen (secondary N) is 1. The monoisotopic (exact) mass is 418 g/mol. The number of hydrogen-bond acceptors (Lipinski definition) is 7. The molecular weight excluding hydrogens is 388 g/mol. The Balaban J connectivity index is 2.17. The molecule has 3 atom stereocenters. The molecule has 0 saturated carbocycles. The summed E-state index contributed by atoms with van der Waals surface area (Å²) in [6.07, 6.45) is 0.407. The lowest BCUT2D eigenvalue weighted by atomic mass is 10.1. The number of amides is 2. The number of ether oxygens (including phenoxy) is 1. The van der Waals surface area contributed by atoms with E-state index in [1.54, 1.807) is 44.3 Å². The van der Waals surface area contributed by atoms with Gasteiger partial charge in [0, 0.05) is 24.5 Å². The molecule has 0 radical (unpaired) electrons. The normalized spacial score (nSPS) is 23.9. The molecule has 1 spiro atoms. The van der Waals surface area contributed by atoms with Crippen molar-refractivity contribution >= 4 is 41.8 Å². The molecule has 2 heterocycles. The van der Waals surface area contributed by atoms with Crippen LogP contribution in [-0.4, -0.2) is 74.2 Å². The van der Waals surface area contributed by atoms with E-state index in [1.807, 2.05) is 6.92 Å². The number of likely N-dealkylation sites (tertiary alicyclic amines) is 1. The van der Waals surface area contributed by atoms with Crippen molar-refractivity contribution in [3.63, 3.8) is 0 Å². The summed E-state index contributed by atoms with van der Waals surface area (Å²) in [5, 5.41) is 12.7. The molecule has 0 aromatic heterocycles. The molecule has 0 aromatic carbocycles. The fraction of sp³-hybridized carbons (Fsp3) is 0.833. The first-order chi connectivity index (χ1) is 12.6. The summed E-state index contributed by atoms with van der Waals surface area (Å²) in [5.74, 6) is 1.64. The largest absolute Gasteiger partial charge is 0.444 e.